The van der Waals surface area contributed by atoms with E-state index in [1.54, 1.807) is 24.3 Å². The van der Waals surface area contributed by atoms with Crippen LogP contribution in [0.3, 0.4) is 0 Å². The highest BCUT2D eigenvalue weighted by Gasteiger charge is 2.34. The van der Waals surface area contributed by atoms with Crippen molar-refractivity contribution in [3.63, 3.8) is 0 Å². The van der Waals surface area contributed by atoms with Crippen LogP contribution in [0, 0.1) is 5.82 Å². The molecule has 0 atom stereocenters. The predicted octanol–water partition coefficient (Wildman–Crippen LogP) is 5.25. The lowest BCUT2D eigenvalue weighted by atomic mass is 10.1. The van der Waals surface area contributed by atoms with Gasteiger partial charge in [-0.25, -0.2) is 4.39 Å². The van der Waals surface area contributed by atoms with Crippen LogP contribution in [-0.4, -0.2) is 18.4 Å². The molecule has 166 valence electrons. The van der Waals surface area contributed by atoms with E-state index in [9.17, 15) is 27.2 Å². The van der Waals surface area contributed by atoms with Gasteiger partial charge in [0.05, 0.1) is 23.4 Å². The van der Waals surface area contributed by atoms with Crippen molar-refractivity contribution >= 4 is 23.2 Å². The number of nitrogens with one attached hydrogen (secondary N) is 2. The van der Waals surface area contributed by atoms with Gasteiger partial charge >= 0.3 is 6.18 Å². The first-order chi connectivity index (χ1) is 15.2. The number of halogens is 4. The van der Waals surface area contributed by atoms with Crippen molar-refractivity contribution in [2.75, 3.05) is 17.2 Å². The zero-order chi connectivity index (χ0) is 23.1. The van der Waals surface area contributed by atoms with Gasteiger partial charge in [0.1, 0.15) is 12.4 Å². The highest BCUT2D eigenvalue weighted by atomic mass is 19.4. The molecule has 0 aromatic heterocycles. The zero-order valence-electron chi connectivity index (χ0n) is 16.6. The van der Waals surface area contributed by atoms with Crippen LogP contribution >= 0.6 is 0 Å². The minimum atomic E-state index is -4.81. The molecule has 2 amide bonds. The summed E-state index contributed by atoms with van der Waals surface area (Å²) in [7, 11) is 0. The van der Waals surface area contributed by atoms with Crippen LogP contribution in [0.4, 0.5) is 28.9 Å². The van der Waals surface area contributed by atoms with Gasteiger partial charge in [-0.3, -0.25) is 9.59 Å². The third kappa shape index (κ3) is 6.14. The number of hydrogen-bond acceptors (Lipinski definition) is 3. The van der Waals surface area contributed by atoms with Gasteiger partial charge in [0.15, 0.2) is 0 Å². The van der Waals surface area contributed by atoms with Crippen LogP contribution < -0.4 is 10.6 Å². The van der Waals surface area contributed by atoms with E-state index in [4.69, 9.17) is 4.74 Å². The van der Waals surface area contributed by atoms with Crippen molar-refractivity contribution in [3.8, 4) is 0 Å². The first kappa shape index (κ1) is 23.0. The third-order valence-corrected chi connectivity index (χ3v) is 4.32. The minimum Gasteiger partial charge on any atom is -0.367 e. The number of ether oxygens (including phenoxy) is 1. The first-order valence-corrected chi connectivity index (χ1v) is 9.42. The second-order valence-corrected chi connectivity index (χ2v) is 6.72. The highest BCUT2D eigenvalue weighted by Crippen LogP contribution is 2.36. The van der Waals surface area contributed by atoms with Crippen molar-refractivity contribution in [2.45, 2.75) is 12.8 Å². The van der Waals surface area contributed by atoms with Gasteiger partial charge in [0, 0.05) is 5.69 Å². The van der Waals surface area contributed by atoms with E-state index in [0.717, 1.165) is 17.7 Å². The lowest BCUT2D eigenvalue weighted by Gasteiger charge is -2.16. The Morgan fingerprint density at radius 3 is 2.25 bits per heavy atom. The van der Waals surface area contributed by atoms with Crippen LogP contribution in [0.25, 0.3) is 0 Å². The molecule has 0 saturated carbocycles. The minimum absolute atomic E-state index is 0.126. The Bertz CT molecular complexity index is 1100. The van der Waals surface area contributed by atoms with Crippen molar-refractivity contribution < 1.29 is 31.9 Å². The molecule has 0 aliphatic heterocycles. The molecule has 0 bridgehead atoms. The molecule has 0 heterocycles. The molecule has 3 aromatic rings. The van der Waals surface area contributed by atoms with Crippen molar-refractivity contribution in [1.29, 1.82) is 0 Å². The molecule has 0 radical (unpaired) electrons. The van der Waals surface area contributed by atoms with Crippen molar-refractivity contribution in [1.82, 2.24) is 0 Å². The fourth-order valence-corrected chi connectivity index (χ4v) is 2.83. The van der Waals surface area contributed by atoms with Gasteiger partial charge in [0.2, 0.25) is 5.91 Å². The summed E-state index contributed by atoms with van der Waals surface area (Å²) in [6.45, 7) is -0.320. The van der Waals surface area contributed by atoms with E-state index < -0.39 is 41.7 Å². The number of rotatable bonds is 7. The largest absolute Gasteiger partial charge is 0.418 e. The fourth-order valence-electron chi connectivity index (χ4n) is 2.83. The molecule has 3 aromatic carbocycles. The molecule has 0 saturated heterocycles. The molecule has 0 unspecified atom stereocenters. The van der Waals surface area contributed by atoms with Crippen LogP contribution in [0.5, 0.6) is 0 Å². The van der Waals surface area contributed by atoms with Crippen molar-refractivity contribution in [3.05, 3.63) is 95.3 Å². The molecule has 2 N–H and O–H groups in total. The van der Waals surface area contributed by atoms with Crippen LogP contribution in [0.1, 0.15) is 21.5 Å². The highest BCUT2D eigenvalue weighted by molar-refractivity contribution is 6.04. The number of alkyl halides is 3. The van der Waals surface area contributed by atoms with E-state index in [1.165, 1.54) is 24.3 Å². The number of anilines is 2. The second-order valence-electron chi connectivity index (χ2n) is 6.72. The number of hydrogen-bond donors (Lipinski definition) is 2. The van der Waals surface area contributed by atoms with Crippen LogP contribution in [-0.2, 0) is 22.3 Å². The van der Waals surface area contributed by atoms with Gasteiger partial charge < -0.3 is 15.4 Å². The van der Waals surface area contributed by atoms with Gasteiger partial charge in [-0.1, -0.05) is 42.5 Å². The SMILES string of the molecule is O=C(COCc1ccccc1)Nc1ccc(NC(=O)c2ccccc2F)cc1C(F)(F)F. The molecule has 32 heavy (non-hydrogen) atoms. The van der Waals surface area contributed by atoms with E-state index in [2.05, 4.69) is 10.6 Å². The number of carbonyl (C=O) groups excluding carboxylic acids is 2. The van der Waals surface area contributed by atoms with E-state index in [-0.39, 0.29) is 17.9 Å². The Labute approximate surface area is 181 Å². The van der Waals surface area contributed by atoms with E-state index >= 15 is 0 Å². The molecule has 5 nitrogen and oxygen atoms in total. The maximum Gasteiger partial charge on any atom is 0.418 e. The fraction of sp³-hybridized carbons (Fsp3) is 0.130. The Hall–Kier alpha value is -3.72. The summed E-state index contributed by atoms with van der Waals surface area (Å²) in [5.74, 6) is -2.47. The average Bonchev–Trinajstić information content (AvgIpc) is 2.75. The molecule has 9 heteroatoms. The van der Waals surface area contributed by atoms with Gasteiger partial charge in [-0.15, -0.1) is 0 Å². The second kappa shape index (κ2) is 10.1. The standard InChI is InChI=1S/C23H18F4N2O3/c24-19-9-5-4-8-17(19)22(31)28-16-10-11-20(18(12-16)23(25,26)27)29-21(30)14-32-13-15-6-2-1-3-7-15/h1-12H,13-14H2,(H,28,31)(H,29,30). The summed E-state index contributed by atoms with van der Waals surface area (Å²) in [6.07, 6.45) is -4.81. The van der Waals surface area contributed by atoms with Gasteiger partial charge in [-0.2, -0.15) is 13.2 Å². The smallest absolute Gasteiger partial charge is 0.367 e. The lowest BCUT2D eigenvalue weighted by Crippen LogP contribution is -2.21. The quantitative estimate of drug-likeness (QED) is 0.487. The topological polar surface area (TPSA) is 67.4 Å². The molecular formula is C23H18F4N2O3. The maximum absolute atomic E-state index is 13.7. The Kier molecular flexibility index (Phi) is 7.21. The number of benzene rings is 3. The first-order valence-electron chi connectivity index (χ1n) is 9.42. The summed E-state index contributed by atoms with van der Waals surface area (Å²) in [5.41, 5.74) is -1.36. The summed E-state index contributed by atoms with van der Waals surface area (Å²) in [4.78, 5) is 24.2. The predicted molar refractivity (Wildman–Crippen MR) is 111 cm³/mol. The average molecular weight is 446 g/mol. The molecule has 0 fully saturated rings. The molecule has 3 rings (SSSR count). The lowest BCUT2D eigenvalue weighted by molar-refractivity contribution is -0.137. The summed E-state index contributed by atoms with van der Waals surface area (Å²) in [6, 6.07) is 16.9. The van der Waals surface area contributed by atoms with Crippen LogP contribution in [0.2, 0.25) is 0 Å². The molecule has 0 aliphatic carbocycles. The monoisotopic (exact) mass is 446 g/mol. The normalized spacial score (nSPS) is 11.1. The Balaban J connectivity index is 1.69. The molecule has 0 spiro atoms. The van der Waals surface area contributed by atoms with Crippen LogP contribution in [0.15, 0.2) is 72.8 Å². The molecular weight excluding hydrogens is 428 g/mol. The zero-order valence-corrected chi connectivity index (χ0v) is 16.6. The summed E-state index contributed by atoms with van der Waals surface area (Å²) in [5, 5.41) is 4.40. The maximum atomic E-state index is 13.7. The third-order valence-electron chi connectivity index (χ3n) is 4.32. The van der Waals surface area contributed by atoms with E-state index in [1.807, 2.05) is 6.07 Å². The summed E-state index contributed by atoms with van der Waals surface area (Å²) >= 11 is 0. The summed E-state index contributed by atoms with van der Waals surface area (Å²) < 4.78 is 59.5. The Morgan fingerprint density at radius 2 is 1.56 bits per heavy atom. The number of amides is 2. The molecule has 0 aliphatic rings. The number of carbonyl (C=O) groups is 2. The van der Waals surface area contributed by atoms with Gasteiger partial charge in [0.25, 0.3) is 5.91 Å². The van der Waals surface area contributed by atoms with E-state index in [0.29, 0.717) is 6.07 Å². The van der Waals surface area contributed by atoms with Gasteiger partial charge in [-0.05, 0) is 35.9 Å². The Morgan fingerprint density at radius 1 is 0.875 bits per heavy atom. The van der Waals surface area contributed by atoms with Crippen molar-refractivity contribution in [2.24, 2.45) is 0 Å².